The zero-order valence-corrected chi connectivity index (χ0v) is 19.3. The van der Waals surface area contributed by atoms with Crippen molar-refractivity contribution in [2.45, 2.75) is 43.5 Å². The molecule has 1 atom stereocenters. The fourth-order valence-corrected chi connectivity index (χ4v) is 4.98. The summed E-state index contributed by atoms with van der Waals surface area (Å²) in [7, 11) is 0.433. The van der Waals surface area contributed by atoms with Gasteiger partial charge in [0.15, 0.2) is 11.5 Å². The van der Waals surface area contributed by atoms with Crippen LogP contribution in [-0.4, -0.2) is 46.4 Å². The predicted octanol–water partition coefficient (Wildman–Crippen LogP) is 3.08. The number of likely N-dealkylation sites (N-methyl/N-ethyl adjacent to an activating group) is 1. The van der Waals surface area contributed by atoms with Gasteiger partial charge >= 0.3 is 0 Å². The summed E-state index contributed by atoms with van der Waals surface area (Å²) in [4.78, 5) is 12.6. The highest BCUT2D eigenvalue weighted by Gasteiger charge is 2.25. The van der Waals surface area contributed by atoms with E-state index in [1.165, 1.54) is 63.4 Å². The maximum atomic E-state index is 12.9. The number of nitrogens with one attached hydrogen (secondary N) is 1. The molecule has 168 valence electrons. The van der Waals surface area contributed by atoms with E-state index in [2.05, 4.69) is 17.4 Å². The molecule has 1 amide bonds. The van der Waals surface area contributed by atoms with Gasteiger partial charge in [-0.2, -0.15) is 4.31 Å². The summed E-state index contributed by atoms with van der Waals surface area (Å²) in [6, 6.07) is 10.5. The zero-order valence-electron chi connectivity index (χ0n) is 18.5. The number of hydrogen-bond donors (Lipinski definition) is 1. The Labute approximate surface area is 184 Å². The maximum absolute atomic E-state index is 12.9. The molecule has 7 nitrogen and oxygen atoms in total. The number of carbonyl (C=O) groups is 1. The molecule has 3 rings (SSSR count). The molecule has 1 N–H and O–H groups in total. The second-order valence-electron chi connectivity index (χ2n) is 7.80. The summed E-state index contributed by atoms with van der Waals surface area (Å²) in [6.45, 7) is 1.62. The lowest BCUT2D eigenvalue weighted by Gasteiger charge is -2.22. The van der Waals surface area contributed by atoms with E-state index in [9.17, 15) is 13.2 Å². The van der Waals surface area contributed by atoms with Gasteiger partial charge in [-0.1, -0.05) is 18.2 Å². The molecular formula is C23H30N2O5S. The van der Waals surface area contributed by atoms with Crippen molar-refractivity contribution in [1.82, 2.24) is 9.62 Å². The Morgan fingerprint density at radius 3 is 2.39 bits per heavy atom. The van der Waals surface area contributed by atoms with Crippen LogP contribution in [0.1, 0.15) is 42.5 Å². The molecule has 0 unspecified atom stereocenters. The highest BCUT2D eigenvalue weighted by atomic mass is 32.2. The van der Waals surface area contributed by atoms with Crippen molar-refractivity contribution < 1.29 is 22.7 Å². The fraction of sp³-hybridized carbons (Fsp3) is 0.435. The third kappa shape index (κ3) is 5.19. The molecule has 31 heavy (non-hydrogen) atoms. The first kappa shape index (κ1) is 23.1. The molecule has 0 radical (unpaired) electrons. The number of fused-ring (bicyclic) bond motifs is 1. The van der Waals surface area contributed by atoms with Crippen LogP contribution in [0.2, 0.25) is 0 Å². The normalized spacial score (nSPS) is 14.6. The number of methoxy groups -OCH3 is 2. The topological polar surface area (TPSA) is 84.9 Å². The molecule has 0 aliphatic heterocycles. The van der Waals surface area contributed by atoms with Gasteiger partial charge in [0.25, 0.3) is 0 Å². The Balaban J connectivity index is 1.67. The Hall–Kier alpha value is -2.58. The van der Waals surface area contributed by atoms with Crippen LogP contribution in [0.25, 0.3) is 0 Å². The molecule has 0 bridgehead atoms. The standard InChI is InChI=1S/C23H30N2O5S/c1-16(18-10-9-17-7-5-6-8-19(17)13-18)24-23(26)15-25(2)31(27,28)20-11-12-21(29-3)22(14-20)30-4/h9-14,16H,5-8,15H2,1-4H3,(H,24,26)/t16-/m1/s1. The average Bonchev–Trinajstić information content (AvgIpc) is 2.77. The van der Waals surface area contributed by atoms with Gasteiger partial charge in [-0.15, -0.1) is 0 Å². The lowest BCUT2D eigenvalue weighted by molar-refractivity contribution is -0.121. The first-order valence-corrected chi connectivity index (χ1v) is 11.8. The summed E-state index contributed by atoms with van der Waals surface area (Å²) < 4.78 is 37.2. The van der Waals surface area contributed by atoms with Gasteiger partial charge in [-0.05, 0) is 61.4 Å². The second kappa shape index (κ2) is 9.70. The molecule has 8 heteroatoms. The van der Waals surface area contributed by atoms with Crippen molar-refractivity contribution >= 4 is 15.9 Å². The highest BCUT2D eigenvalue weighted by molar-refractivity contribution is 7.89. The Morgan fingerprint density at radius 1 is 1.03 bits per heavy atom. The van der Waals surface area contributed by atoms with Crippen LogP contribution in [0.3, 0.4) is 0 Å². The van der Waals surface area contributed by atoms with Crippen LogP contribution >= 0.6 is 0 Å². The van der Waals surface area contributed by atoms with Gasteiger partial charge in [0.1, 0.15) is 0 Å². The van der Waals surface area contributed by atoms with Gasteiger partial charge in [0.05, 0.1) is 31.7 Å². The van der Waals surface area contributed by atoms with Gasteiger partial charge in [0.2, 0.25) is 15.9 Å². The van der Waals surface area contributed by atoms with E-state index >= 15 is 0 Å². The van der Waals surface area contributed by atoms with Crippen LogP contribution in [-0.2, 0) is 27.7 Å². The monoisotopic (exact) mass is 446 g/mol. The minimum atomic E-state index is -3.87. The van der Waals surface area contributed by atoms with Crippen LogP contribution in [0.4, 0.5) is 0 Å². The van der Waals surface area contributed by atoms with Gasteiger partial charge in [0, 0.05) is 13.1 Å². The average molecular weight is 447 g/mol. The summed E-state index contributed by atoms with van der Waals surface area (Å²) in [5, 5.41) is 2.91. The van der Waals surface area contributed by atoms with Crippen molar-refractivity contribution in [3.63, 3.8) is 0 Å². The first-order chi connectivity index (χ1) is 14.8. The smallest absolute Gasteiger partial charge is 0.243 e. The van der Waals surface area contributed by atoms with Crippen LogP contribution in [0.5, 0.6) is 11.5 Å². The van der Waals surface area contributed by atoms with Gasteiger partial charge < -0.3 is 14.8 Å². The summed E-state index contributed by atoms with van der Waals surface area (Å²) >= 11 is 0. The number of sulfonamides is 1. The molecule has 0 saturated heterocycles. The number of ether oxygens (including phenoxy) is 2. The number of hydrogen-bond acceptors (Lipinski definition) is 5. The predicted molar refractivity (Wildman–Crippen MR) is 119 cm³/mol. The van der Waals surface area contributed by atoms with Crippen LogP contribution in [0, 0.1) is 0 Å². The fourth-order valence-electron chi connectivity index (χ4n) is 3.84. The number of rotatable bonds is 8. The number of amides is 1. The SMILES string of the molecule is COc1ccc(S(=O)(=O)N(C)CC(=O)N[C@H](C)c2ccc3c(c2)CCCC3)cc1OC. The maximum Gasteiger partial charge on any atom is 0.243 e. The Bertz CT molecular complexity index is 1050. The molecule has 1 aliphatic carbocycles. The van der Waals surface area contributed by atoms with E-state index in [1.54, 1.807) is 0 Å². The van der Waals surface area contributed by atoms with Crippen molar-refractivity contribution in [2.24, 2.45) is 0 Å². The van der Waals surface area contributed by atoms with Gasteiger partial charge in [-0.25, -0.2) is 8.42 Å². The lowest BCUT2D eigenvalue weighted by Crippen LogP contribution is -2.39. The Morgan fingerprint density at radius 2 is 1.71 bits per heavy atom. The molecule has 0 fully saturated rings. The van der Waals surface area contributed by atoms with Crippen molar-refractivity contribution in [3.05, 3.63) is 53.1 Å². The van der Waals surface area contributed by atoms with Crippen LogP contribution in [0.15, 0.2) is 41.3 Å². The van der Waals surface area contributed by atoms with E-state index in [1.807, 2.05) is 13.0 Å². The molecule has 0 spiro atoms. The third-order valence-corrected chi connectivity index (χ3v) is 7.48. The summed E-state index contributed by atoms with van der Waals surface area (Å²) in [5.41, 5.74) is 3.76. The second-order valence-corrected chi connectivity index (χ2v) is 9.85. The number of benzene rings is 2. The van der Waals surface area contributed by atoms with E-state index in [0.29, 0.717) is 11.5 Å². The molecule has 1 aliphatic rings. The molecule has 0 aromatic heterocycles. The zero-order chi connectivity index (χ0) is 22.6. The van der Waals surface area contributed by atoms with Crippen molar-refractivity contribution in [2.75, 3.05) is 27.8 Å². The summed E-state index contributed by atoms with van der Waals surface area (Å²) in [6.07, 6.45) is 4.58. The molecule has 0 heterocycles. The van der Waals surface area contributed by atoms with E-state index < -0.39 is 10.0 Å². The minimum absolute atomic E-state index is 0.0307. The van der Waals surface area contributed by atoms with Crippen molar-refractivity contribution in [1.29, 1.82) is 0 Å². The largest absolute Gasteiger partial charge is 0.493 e. The number of carbonyl (C=O) groups excluding carboxylic acids is 1. The van der Waals surface area contributed by atoms with E-state index in [-0.39, 0.29) is 23.4 Å². The van der Waals surface area contributed by atoms with E-state index in [4.69, 9.17) is 9.47 Å². The van der Waals surface area contributed by atoms with Gasteiger partial charge in [-0.3, -0.25) is 4.79 Å². The first-order valence-electron chi connectivity index (χ1n) is 10.4. The van der Waals surface area contributed by atoms with E-state index in [0.717, 1.165) is 22.7 Å². The quantitative estimate of drug-likeness (QED) is 0.674. The molecule has 0 saturated carbocycles. The summed E-state index contributed by atoms with van der Waals surface area (Å²) in [5.74, 6) is 0.375. The number of aryl methyl sites for hydroxylation is 2. The number of nitrogens with zero attached hydrogens (tertiary/aromatic N) is 1. The van der Waals surface area contributed by atoms with Crippen LogP contribution < -0.4 is 14.8 Å². The molecular weight excluding hydrogens is 416 g/mol. The molecule has 2 aromatic carbocycles. The minimum Gasteiger partial charge on any atom is -0.493 e. The molecule has 2 aromatic rings. The Kier molecular flexibility index (Phi) is 7.23. The third-order valence-electron chi connectivity index (χ3n) is 5.68. The lowest BCUT2D eigenvalue weighted by atomic mass is 9.89. The highest BCUT2D eigenvalue weighted by Crippen LogP contribution is 2.30. The van der Waals surface area contributed by atoms with Crippen molar-refractivity contribution in [3.8, 4) is 11.5 Å².